The highest BCUT2D eigenvalue weighted by Gasteiger charge is 2.23. The first-order chi connectivity index (χ1) is 9.78. The molecular weight excluding hydrogens is 294 g/mol. The number of nitrogens with zero attached hydrogens (tertiary/aromatic N) is 4. The fourth-order valence-corrected chi connectivity index (χ4v) is 2.71. The molecule has 9 heteroatoms. The number of carbonyl (C=O) groups excluding carboxylic acids is 1. The highest BCUT2D eigenvalue weighted by Crippen LogP contribution is 2.17. The van der Waals surface area contributed by atoms with Crippen molar-refractivity contribution in [1.82, 2.24) is 24.1 Å². The molecule has 2 rings (SSSR count). The molecule has 0 aliphatic carbocycles. The molecule has 0 fully saturated rings. The fourth-order valence-electron chi connectivity index (χ4n) is 2.31. The molecule has 2 heterocycles. The molecule has 2 amide bonds. The van der Waals surface area contributed by atoms with Gasteiger partial charge in [0, 0.05) is 27.2 Å². The molecule has 0 radical (unpaired) electrons. The smallest absolute Gasteiger partial charge is 0.319 e. The number of rotatable bonds is 3. The van der Waals surface area contributed by atoms with Crippen molar-refractivity contribution < 1.29 is 13.2 Å². The summed E-state index contributed by atoms with van der Waals surface area (Å²) in [7, 11) is 0.171. The van der Waals surface area contributed by atoms with Crippen molar-refractivity contribution in [3.05, 3.63) is 17.7 Å². The lowest BCUT2D eigenvalue weighted by atomic mass is 10.3. The van der Waals surface area contributed by atoms with Crippen molar-refractivity contribution in [2.45, 2.75) is 26.1 Å². The van der Waals surface area contributed by atoms with E-state index in [1.807, 2.05) is 4.57 Å². The minimum Gasteiger partial charge on any atom is -0.333 e. The Balaban J connectivity index is 2.19. The molecule has 1 aliphatic heterocycles. The van der Waals surface area contributed by atoms with E-state index in [9.17, 15) is 13.2 Å². The maximum Gasteiger partial charge on any atom is 0.319 e. The van der Waals surface area contributed by atoms with Gasteiger partial charge in [0.25, 0.3) is 0 Å². The van der Waals surface area contributed by atoms with Gasteiger partial charge in [0.05, 0.1) is 37.1 Å². The Morgan fingerprint density at radius 2 is 2.14 bits per heavy atom. The van der Waals surface area contributed by atoms with E-state index in [2.05, 4.69) is 9.71 Å². The molecule has 0 saturated heterocycles. The van der Waals surface area contributed by atoms with Gasteiger partial charge in [-0.3, -0.25) is 0 Å². The maximum atomic E-state index is 12.1. The number of amides is 2. The lowest BCUT2D eigenvalue weighted by Gasteiger charge is -2.24. The zero-order valence-electron chi connectivity index (χ0n) is 12.5. The first-order valence-electron chi connectivity index (χ1n) is 6.71. The van der Waals surface area contributed by atoms with E-state index in [4.69, 9.17) is 0 Å². The molecule has 8 nitrogen and oxygen atoms in total. The first kappa shape index (κ1) is 15.8. The van der Waals surface area contributed by atoms with Crippen molar-refractivity contribution in [3.63, 3.8) is 0 Å². The van der Waals surface area contributed by atoms with Crippen LogP contribution < -0.4 is 4.72 Å². The van der Waals surface area contributed by atoms with Crippen LogP contribution in [0.5, 0.6) is 0 Å². The van der Waals surface area contributed by atoms with E-state index < -0.39 is 10.0 Å². The van der Waals surface area contributed by atoms with Gasteiger partial charge in [-0.15, -0.1) is 0 Å². The van der Waals surface area contributed by atoms with Crippen LogP contribution in [0, 0.1) is 0 Å². The standard InChI is InChI=1S/C12H21N5O3S/c1-15(2)12(18)16-5-4-6-17-9-13-10(11(17)8-16)7-14-21(3,19)20/h9,14H,4-8H2,1-3H3. The van der Waals surface area contributed by atoms with Crippen molar-refractivity contribution in [2.75, 3.05) is 26.9 Å². The van der Waals surface area contributed by atoms with E-state index >= 15 is 0 Å². The predicted octanol–water partition coefficient (Wildman–Crippen LogP) is -0.180. The van der Waals surface area contributed by atoms with Gasteiger partial charge in [-0.25, -0.2) is 22.9 Å². The molecular formula is C12H21N5O3S. The van der Waals surface area contributed by atoms with Gasteiger partial charge in [-0.2, -0.15) is 0 Å². The summed E-state index contributed by atoms with van der Waals surface area (Å²) in [6.07, 6.45) is 3.67. The summed E-state index contributed by atoms with van der Waals surface area (Å²) < 4.78 is 26.8. The number of urea groups is 1. The number of hydrogen-bond donors (Lipinski definition) is 1. The van der Waals surface area contributed by atoms with Crippen molar-refractivity contribution in [1.29, 1.82) is 0 Å². The molecule has 1 aromatic rings. The molecule has 118 valence electrons. The minimum absolute atomic E-state index is 0.0494. The van der Waals surface area contributed by atoms with Crippen LogP contribution in [0.4, 0.5) is 4.79 Å². The summed E-state index contributed by atoms with van der Waals surface area (Å²) in [5.74, 6) is 0. The molecule has 0 saturated carbocycles. The fraction of sp³-hybridized carbons (Fsp3) is 0.667. The second-order valence-electron chi connectivity index (χ2n) is 5.38. The summed E-state index contributed by atoms with van der Waals surface area (Å²) in [4.78, 5) is 19.7. The van der Waals surface area contributed by atoms with Crippen LogP contribution in [-0.4, -0.2) is 60.7 Å². The Morgan fingerprint density at radius 3 is 2.76 bits per heavy atom. The minimum atomic E-state index is -3.27. The number of fused-ring (bicyclic) bond motifs is 1. The molecule has 0 atom stereocenters. The maximum absolute atomic E-state index is 12.1. The lowest BCUT2D eigenvalue weighted by molar-refractivity contribution is 0.169. The molecule has 0 aromatic carbocycles. The monoisotopic (exact) mass is 315 g/mol. The number of aryl methyl sites for hydroxylation is 1. The summed E-state index contributed by atoms with van der Waals surface area (Å²) in [6, 6.07) is -0.0494. The Morgan fingerprint density at radius 1 is 1.43 bits per heavy atom. The summed E-state index contributed by atoms with van der Waals surface area (Å²) >= 11 is 0. The Bertz CT molecular complexity index is 623. The van der Waals surface area contributed by atoms with Gasteiger partial charge in [0.15, 0.2) is 0 Å². The Hall–Kier alpha value is -1.61. The lowest BCUT2D eigenvalue weighted by Crippen LogP contribution is -2.39. The summed E-state index contributed by atoms with van der Waals surface area (Å²) in [6.45, 7) is 2.04. The third-order valence-corrected chi connectivity index (χ3v) is 4.02. The number of carbonyl (C=O) groups is 1. The number of imidazole rings is 1. The Labute approximate surface area is 124 Å². The number of aromatic nitrogens is 2. The quantitative estimate of drug-likeness (QED) is 0.838. The third-order valence-electron chi connectivity index (χ3n) is 3.36. The average Bonchev–Trinajstić information content (AvgIpc) is 2.63. The zero-order chi connectivity index (χ0) is 15.6. The third kappa shape index (κ3) is 3.94. The molecule has 0 unspecified atom stereocenters. The summed E-state index contributed by atoms with van der Waals surface area (Å²) in [5.41, 5.74) is 1.55. The predicted molar refractivity (Wildman–Crippen MR) is 78.0 cm³/mol. The van der Waals surface area contributed by atoms with E-state index in [1.54, 1.807) is 30.2 Å². The normalized spacial score (nSPS) is 15.5. The van der Waals surface area contributed by atoms with Crippen LogP contribution in [0.2, 0.25) is 0 Å². The number of nitrogens with one attached hydrogen (secondary N) is 1. The second kappa shape index (κ2) is 6.02. The first-order valence-corrected chi connectivity index (χ1v) is 8.61. The topological polar surface area (TPSA) is 87.5 Å². The SMILES string of the molecule is CN(C)C(=O)N1CCCn2cnc(CNS(C)(=O)=O)c2C1. The van der Waals surface area contributed by atoms with Gasteiger partial charge >= 0.3 is 6.03 Å². The van der Waals surface area contributed by atoms with Crippen LogP contribution in [0.15, 0.2) is 6.33 Å². The number of hydrogen-bond acceptors (Lipinski definition) is 4. The van der Waals surface area contributed by atoms with Gasteiger partial charge in [-0.1, -0.05) is 0 Å². The van der Waals surface area contributed by atoms with Crippen molar-refractivity contribution >= 4 is 16.1 Å². The van der Waals surface area contributed by atoms with Crippen LogP contribution in [0.1, 0.15) is 17.8 Å². The van der Waals surface area contributed by atoms with Gasteiger partial charge < -0.3 is 14.4 Å². The Kier molecular flexibility index (Phi) is 4.52. The van der Waals surface area contributed by atoms with E-state index in [1.165, 1.54) is 0 Å². The molecule has 0 bridgehead atoms. The molecule has 21 heavy (non-hydrogen) atoms. The molecule has 0 spiro atoms. The van der Waals surface area contributed by atoms with Gasteiger partial charge in [0.2, 0.25) is 10.0 Å². The van der Waals surface area contributed by atoms with Gasteiger partial charge in [0.1, 0.15) is 0 Å². The van der Waals surface area contributed by atoms with Gasteiger partial charge in [-0.05, 0) is 6.42 Å². The average molecular weight is 315 g/mol. The highest BCUT2D eigenvalue weighted by atomic mass is 32.2. The van der Waals surface area contributed by atoms with Crippen LogP contribution in [0.3, 0.4) is 0 Å². The van der Waals surface area contributed by atoms with E-state index in [0.717, 1.165) is 24.9 Å². The van der Waals surface area contributed by atoms with Crippen LogP contribution in [0.25, 0.3) is 0 Å². The van der Waals surface area contributed by atoms with E-state index in [-0.39, 0.29) is 12.6 Å². The number of sulfonamides is 1. The molecule has 1 aromatic heterocycles. The van der Waals surface area contributed by atoms with Crippen LogP contribution in [-0.2, 0) is 29.7 Å². The van der Waals surface area contributed by atoms with E-state index in [0.29, 0.717) is 18.8 Å². The highest BCUT2D eigenvalue weighted by molar-refractivity contribution is 7.88. The largest absolute Gasteiger partial charge is 0.333 e. The van der Waals surface area contributed by atoms with Crippen LogP contribution >= 0.6 is 0 Å². The van der Waals surface area contributed by atoms with Crippen molar-refractivity contribution in [3.8, 4) is 0 Å². The zero-order valence-corrected chi connectivity index (χ0v) is 13.4. The summed E-state index contributed by atoms with van der Waals surface area (Å²) in [5, 5.41) is 0. The molecule has 1 aliphatic rings. The van der Waals surface area contributed by atoms with Crippen molar-refractivity contribution in [2.24, 2.45) is 0 Å². The second-order valence-corrected chi connectivity index (χ2v) is 7.21. The molecule has 1 N–H and O–H groups in total.